The minimum Gasteiger partial charge on any atom is -0.395 e. The largest absolute Gasteiger partial charge is 0.395 e. The molecule has 0 aliphatic carbocycles. The Balaban J connectivity index is 1.83. The van der Waals surface area contributed by atoms with Gasteiger partial charge in [-0.3, -0.25) is 9.59 Å². The topological polar surface area (TPSA) is 84.9 Å². The standard InChI is InChI=1S/C20H32N4O3/c1-23(13-14-24-11-3-2-4-12-24)20(27)18-7-5-6-17(16-18)19(26)22-9-8-21-10-15-25/h5-7,16,21,25H,2-4,8-15H2,1H3,(H,22,26). The van der Waals surface area contributed by atoms with Crippen LogP contribution in [0.3, 0.4) is 0 Å². The molecule has 7 heteroatoms. The van der Waals surface area contributed by atoms with E-state index < -0.39 is 0 Å². The zero-order chi connectivity index (χ0) is 19.5. The highest BCUT2D eigenvalue weighted by atomic mass is 16.3. The highest BCUT2D eigenvalue weighted by Crippen LogP contribution is 2.10. The van der Waals surface area contributed by atoms with E-state index in [1.807, 2.05) is 7.05 Å². The van der Waals surface area contributed by atoms with Gasteiger partial charge in [-0.1, -0.05) is 12.5 Å². The number of nitrogens with one attached hydrogen (secondary N) is 2. The first kappa shape index (κ1) is 21.3. The molecule has 7 nitrogen and oxygen atoms in total. The normalized spacial score (nSPS) is 14.7. The number of nitrogens with zero attached hydrogens (tertiary/aromatic N) is 2. The second-order valence-corrected chi connectivity index (χ2v) is 6.94. The van der Waals surface area contributed by atoms with Gasteiger partial charge in [0, 0.05) is 50.9 Å². The Morgan fingerprint density at radius 2 is 1.85 bits per heavy atom. The van der Waals surface area contributed by atoms with Gasteiger partial charge in [0.05, 0.1) is 6.61 Å². The Labute approximate surface area is 161 Å². The lowest BCUT2D eigenvalue weighted by Crippen LogP contribution is -2.38. The van der Waals surface area contributed by atoms with E-state index in [1.165, 1.54) is 19.3 Å². The Kier molecular flexibility index (Phi) is 9.24. The molecule has 150 valence electrons. The summed E-state index contributed by atoms with van der Waals surface area (Å²) in [5.74, 6) is -0.266. The molecule has 3 N–H and O–H groups in total. The monoisotopic (exact) mass is 376 g/mol. The molecule has 2 rings (SSSR count). The molecule has 0 aromatic heterocycles. The number of hydrogen-bond donors (Lipinski definition) is 3. The number of piperidine rings is 1. The Bertz CT molecular complexity index is 603. The van der Waals surface area contributed by atoms with Gasteiger partial charge in [0.1, 0.15) is 0 Å². The van der Waals surface area contributed by atoms with Crippen molar-refractivity contribution in [2.75, 3.05) is 59.5 Å². The maximum absolute atomic E-state index is 12.7. The van der Waals surface area contributed by atoms with Crippen molar-refractivity contribution in [3.8, 4) is 0 Å². The van der Waals surface area contributed by atoms with E-state index in [0.717, 1.165) is 19.6 Å². The summed E-state index contributed by atoms with van der Waals surface area (Å²) in [5, 5.41) is 14.5. The maximum atomic E-state index is 12.7. The number of likely N-dealkylation sites (N-methyl/N-ethyl adjacent to an activating group) is 1. The van der Waals surface area contributed by atoms with Gasteiger partial charge in [0.2, 0.25) is 0 Å². The van der Waals surface area contributed by atoms with E-state index in [2.05, 4.69) is 15.5 Å². The lowest BCUT2D eigenvalue weighted by molar-refractivity contribution is 0.0773. The average Bonchev–Trinajstić information content (AvgIpc) is 2.72. The van der Waals surface area contributed by atoms with Gasteiger partial charge in [-0.25, -0.2) is 0 Å². The molecule has 0 radical (unpaired) electrons. The third-order valence-corrected chi connectivity index (χ3v) is 4.79. The Morgan fingerprint density at radius 1 is 1.11 bits per heavy atom. The fourth-order valence-corrected chi connectivity index (χ4v) is 3.16. The van der Waals surface area contributed by atoms with Crippen LogP contribution in [0.25, 0.3) is 0 Å². The Hall–Kier alpha value is -1.96. The maximum Gasteiger partial charge on any atom is 0.253 e. The number of carbonyl (C=O) groups excluding carboxylic acids is 2. The van der Waals surface area contributed by atoms with Crippen LogP contribution in [0.4, 0.5) is 0 Å². The van der Waals surface area contributed by atoms with E-state index >= 15 is 0 Å². The molecule has 0 unspecified atom stereocenters. The van der Waals surface area contributed by atoms with Gasteiger partial charge >= 0.3 is 0 Å². The van der Waals surface area contributed by atoms with Gasteiger partial charge in [-0.2, -0.15) is 0 Å². The van der Waals surface area contributed by atoms with Crippen LogP contribution in [0.2, 0.25) is 0 Å². The van der Waals surface area contributed by atoms with E-state index in [9.17, 15) is 9.59 Å². The number of carbonyl (C=O) groups is 2. The Morgan fingerprint density at radius 3 is 2.59 bits per heavy atom. The third-order valence-electron chi connectivity index (χ3n) is 4.79. The van der Waals surface area contributed by atoms with Crippen LogP contribution in [0.15, 0.2) is 24.3 Å². The van der Waals surface area contributed by atoms with Crippen LogP contribution >= 0.6 is 0 Å². The zero-order valence-corrected chi connectivity index (χ0v) is 16.2. The molecule has 1 aliphatic heterocycles. The molecule has 1 heterocycles. The lowest BCUT2D eigenvalue weighted by Gasteiger charge is -2.28. The molecule has 1 aliphatic rings. The van der Waals surface area contributed by atoms with Crippen molar-refractivity contribution >= 4 is 11.8 Å². The second-order valence-electron chi connectivity index (χ2n) is 6.94. The molecule has 1 saturated heterocycles. The lowest BCUT2D eigenvalue weighted by atomic mass is 10.1. The minimum atomic E-state index is -0.202. The zero-order valence-electron chi connectivity index (χ0n) is 16.2. The number of aliphatic hydroxyl groups excluding tert-OH is 1. The number of aliphatic hydroxyl groups is 1. The van der Waals surface area contributed by atoms with E-state index in [4.69, 9.17) is 5.11 Å². The number of benzene rings is 1. The number of likely N-dealkylation sites (tertiary alicyclic amines) is 1. The molecule has 0 saturated carbocycles. The average molecular weight is 377 g/mol. The van der Waals surface area contributed by atoms with Gasteiger partial charge in [-0.15, -0.1) is 0 Å². The molecule has 0 spiro atoms. The number of amides is 2. The predicted octanol–water partition coefficient (Wildman–Crippen LogP) is 0.556. The fraction of sp³-hybridized carbons (Fsp3) is 0.600. The van der Waals surface area contributed by atoms with Gasteiger partial charge < -0.3 is 25.5 Å². The highest BCUT2D eigenvalue weighted by Gasteiger charge is 2.16. The summed E-state index contributed by atoms with van der Waals surface area (Å²) in [5.41, 5.74) is 1.01. The van der Waals surface area contributed by atoms with Crippen molar-refractivity contribution in [2.45, 2.75) is 19.3 Å². The molecule has 2 amide bonds. The van der Waals surface area contributed by atoms with Crippen LogP contribution in [0.1, 0.15) is 40.0 Å². The highest BCUT2D eigenvalue weighted by molar-refractivity contribution is 5.99. The summed E-state index contributed by atoms with van der Waals surface area (Å²) >= 11 is 0. The van der Waals surface area contributed by atoms with Gasteiger partial charge in [-0.05, 0) is 44.1 Å². The molecule has 1 fully saturated rings. The van der Waals surface area contributed by atoms with Crippen molar-refractivity contribution in [1.82, 2.24) is 20.4 Å². The van der Waals surface area contributed by atoms with Crippen molar-refractivity contribution in [1.29, 1.82) is 0 Å². The van der Waals surface area contributed by atoms with E-state index in [0.29, 0.717) is 37.3 Å². The molecule has 0 atom stereocenters. The molecular formula is C20H32N4O3. The summed E-state index contributed by atoms with van der Waals surface area (Å²) < 4.78 is 0. The minimum absolute atomic E-state index is 0.0636. The molecule has 27 heavy (non-hydrogen) atoms. The molecular weight excluding hydrogens is 344 g/mol. The number of hydrogen-bond acceptors (Lipinski definition) is 5. The van der Waals surface area contributed by atoms with Crippen LogP contribution in [0.5, 0.6) is 0 Å². The van der Waals surface area contributed by atoms with Gasteiger partial charge in [0.25, 0.3) is 11.8 Å². The van der Waals surface area contributed by atoms with Crippen LogP contribution in [-0.2, 0) is 0 Å². The van der Waals surface area contributed by atoms with Crippen molar-refractivity contribution in [2.24, 2.45) is 0 Å². The van der Waals surface area contributed by atoms with E-state index in [-0.39, 0.29) is 18.4 Å². The van der Waals surface area contributed by atoms with Crippen molar-refractivity contribution < 1.29 is 14.7 Å². The van der Waals surface area contributed by atoms with Crippen LogP contribution in [0, 0.1) is 0 Å². The summed E-state index contributed by atoms with van der Waals surface area (Å²) in [6.07, 6.45) is 3.78. The first-order chi connectivity index (χ1) is 13.1. The van der Waals surface area contributed by atoms with E-state index in [1.54, 1.807) is 29.2 Å². The summed E-state index contributed by atoms with van der Waals surface area (Å²) in [4.78, 5) is 29.0. The first-order valence-corrected chi connectivity index (χ1v) is 9.79. The van der Waals surface area contributed by atoms with Gasteiger partial charge in [0.15, 0.2) is 0 Å². The first-order valence-electron chi connectivity index (χ1n) is 9.79. The second kappa shape index (κ2) is 11.7. The summed E-state index contributed by atoms with van der Waals surface area (Å²) in [6.45, 7) is 5.44. The smallest absolute Gasteiger partial charge is 0.253 e. The van der Waals surface area contributed by atoms with Crippen LogP contribution < -0.4 is 10.6 Å². The quantitative estimate of drug-likeness (QED) is 0.520. The summed E-state index contributed by atoms with van der Waals surface area (Å²) in [7, 11) is 1.81. The predicted molar refractivity (Wildman–Crippen MR) is 106 cm³/mol. The van der Waals surface area contributed by atoms with Crippen molar-refractivity contribution in [3.05, 3.63) is 35.4 Å². The summed E-state index contributed by atoms with van der Waals surface area (Å²) in [6, 6.07) is 6.85. The number of rotatable bonds is 10. The molecule has 0 bridgehead atoms. The molecule has 1 aromatic carbocycles. The SMILES string of the molecule is CN(CCN1CCCCC1)C(=O)c1cccc(C(=O)NCCNCCO)c1. The van der Waals surface area contributed by atoms with Crippen LogP contribution in [-0.4, -0.2) is 86.2 Å². The molecule has 1 aromatic rings. The fourth-order valence-electron chi connectivity index (χ4n) is 3.16. The third kappa shape index (κ3) is 7.28. The van der Waals surface area contributed by atoms with Crippen molar-refractivity contribution in [3.63, 3.8) is 0 Å².